The van der Waals surface area contributed by atoms with Crippen molar-refractivity contribution < 1.29 is 9.47 Å². The Hall–Kier alpha value is -3.23. The van der Waals surface area contributed by atoms with Gasteiger partial charge in [0, 0.05) is 15.6 Å². The SMILES string of the molecule is CCOc1cc(/C=N\n2c(-c3ccccc3)n[nH]c2=S)c(Br)cc1OCc1ccc(C)cc1. The molecule has 0 saturated carbocycles. The maximum Gasteiger partial charge on any atom is 0.216 e. The van der Waals surface area contributed by atoms with Crippen LogP contribution in [0.25, 0.3) is 11.4 Å². The van der Waals surface area contributed by atoms with Gasteiger partial charge in [-0.3, -0.25) is 0 Å². The van der Waals surface area contributed by atoms with Crippen LogP contribution >= 0.6 is 28.1 Å². The zero-order chi connectivity index (χ0) is 23.2. The minimum absolute atomic E-state index is 0.407. The number of ether oxygens (including phenoxy) is 2. The quantitative estimate of drug-likeness (QED) is 0.211. The highest BCUT2D eigenvalue weighted by Crippen LogP contribution is 2.34. The molecule has 0 aliphatic carbocycles. The van der Waals surface area contributed by atoms with Crippen molar-refractivity contribution in [3.63, 3.8) is 0 Å². The first-order valence-corrected chi connectivity index (χ1v) is 11.7. The van der Waals surface area contributed by atoms with Crippen LogP contribution in [0.15, 0.2) is 76.3 Å². The minimum Gasteiger partial charge on any atom is -0.490 e. The molecule has 0 bridgehead atoms. The first-order chi connectivity index (χ1) is 16.0. The Bertz CT molecular complexity index is 1310. The molecule has 0 unspecified atom stereocenters. The second kappa shape index (κ2) is 10.6. The monoisotopic (exact) mass is 522 g/mol. The number of hydrogen-bond acceptors (Lipinski definition) is 5. The molecule has 4 aromatic rings. The van der Waals surface area contributed by atoms with E-state index in [4.69, 9.17) is 21.7 Å². The van der Waals surface area contributed by atoms with E-state index in [2.05, 4.69) is 62.4 Å². The summed E-state index contributed by atoms with van der Waals surface area (Å²) in [5.74, 6) is 1.94. The van der Waals surface area contributed by atoms with Gasteiger partial charge >= 0.3 is 0 Å². The van der Waals surface area contributed by atoms with Crippen LogP contribution in [-0.2, 0) is 6.61 Å². The smallest absolute Gasteiger partial charge is 0.216 e. The second-order valence-electron chi connectivity index (χ2n) is 7.30. The summed E-state index contributed by atoms with van der Waals surface area (Å²) in [5.41, 5.74) is 4.04. The lowest BCUT2D eigenvalue weighted by Crippen LogP contribution is -2.02. The highest BCUT2D eigenvalue weighted by molar-refractivity contribution is 9.10. The Labute approximate surface area is 206 Å². The van der Waals surface area contributed by atoms with Gasteiger partial charge in [0.05, 0.1) is 12.8 Å². The van der Waals surface area contributed by atoms with Crippen LogP contribution in [0, 0.1) is 11.7 Å². The molecule has 6 nitrogen and oxygen atoms in total. The summed E-state index contributed by atoms with van der Waals surface area (Å²) in [6.07, 6.45) is 1.72. The van der Waals surface area contributed by atoms with Crippen LogP contribution < -0.4 is 9.47 Å². The number of H-pyrrole nitrogens is 1. The van der Waals surface area contributed by atoms with E-state index in [9.17, 15) is 0 Å². The molecule has 0 amide bonds. The third-order valence-corrected chi connectivity index (χ3v) is 5.82. The number of nitrogens with one attached hydrogen (secondary N) is 1. The fourth-order valence-corrected chi connectivity index (χ4v) is 3.77. The van der Waals surface area contributed by atoms with Gasteiger partial charge in [-0.1, -0.05) is 60.2 Å². The average molecular weight is 523 g/mol. The van der Waals surface area contributed by atoms with Crippen LogP contribution in [-0.4, -0.2) is 27.7 Å². The van der Waals surface area contributed by atoms with Crippen molar-refractivity contribution in [1.29, 1.82) is 0 Å². The number of nitrogens with zero attached hydrogens (tertiary/aromatic N) is 3. The van der Waals surface area contributed by atoms with Crippen LogP contribution in [0.4, 0.5) is 0 Å². The van der Waals surface area contributed by atoms with Crippen molar-refractivity contribution in [2.75, 3.05) is 6.61 Å². The van der Waals surface area contributed by atoms with Crippen molar-refractivity contribution in [3.8, 4) is 22.9 Å². The standard InChI is InChI=1S/C25H23BrN4O2S/c1-3-31-22-13-20(21(26)14-23(22)32-16-18-11-9-17(2)10-12-18)15-27-30-24(28-29-25(30)33)19-7-5-4-6-8-19/h4-15H,3,16H2,1-2H3,(H,29,33)/b27-15-. The lowest BCUT2D eigenvalue weighted by molar-refractivity contribution is 0.269. The fraction of sp³-hybridized carbons (Fsp3) is 0.160. The topological polar surface area (TPSA) is 64.4 Å². The van der Waals surface area contributed by atoms with Gasteiger partial charge in [-0.2, -0.15) is 14.9 Å². The third-order valence-electron chi connectivity index (χ3n) is 4.87. The molecule has 0 saturated heterocycles. The highest BCUT2D eigenvalue weighted by Gasteiger charge is 2.12. The van der Waals surface area contributed by atoms with Gasteiger partial charge in [0.1, 0.15) is 6.61 Å². The lowest BCUT2D eigenvalue weighted by atomic mass is 10.1. The summed E-state index contributed by atoms with van der Waals surface area (Å²) in [6.45, 7) is 4.97. The number of aromatic amines is 1. The van der Waals surface area contributed by atoms with Gasteiger partial charge in [0.25, 0.3) is 0 Å². The summed E-state index contributed by atoms with van der Waals surface area (Å²) in [7, 11) is 0. The molecule has 1 aromatic heterocycles. The Kier molecular flexibility index (Phi) is 7.36. The third kappa shape index (κ3) is 5.58. The molecule has 0 radical (unpaired) electrons. The molecule has 33 heavy (non-hydrogen) atoms. The van der Waals surface area contributed by atoms with Gasteiger partial charge in [0.15, 0.2) is 17.3 Å². The lowest BCUT2D eigenvalue weighted by Gasteiger charge is -2.14. The molecular formula is C25H23BrN4O2S. The zero-order valence-electron chi connectivity index (χ0n) is 18.3. The normalized spacial score (nSPS) is 11.1. The number of halogens is 1. The van der Waals surface area contributed by atoms with Crippen LogP contribution in [0.1, 0.15) is 23.6 Å². The van der Waals surface area contributed by atoms with E-state index in [1.807, 2.05) is 49.4 Å². The van der Waals surface area contributed by atoms with Gasteiger partial charge in [-0.15, -0.1) is 0 Å². The molecular weight excluding hydrogens is 500 g/mol. The maximum atomic E-state index is 6.06. The number of benzene rings is 3. The second-order valence-corrected chi connectivity index (χ2v) is 8.54. The Morgan fingerprint density at radius 1 is 1.06 bits per heavy atom. The molecule has 8 heteroatoms. The fourth-order valence-electron chi connectivity index (χ4n) is 3.17. The molecule has 1 N–H and O–H groups in total. The summed E-state index contributed by atoms with van der Waals surface area (Å²) in [5, 5.41) is 11.7. The maximum absolute atomic E-state index is 6.06. The molecule has 0 fully saturated rings. The Balaban J connectivity index is 1.61. The zero-order valence-corrected chi connectivity index (χ0v) is 20.7. The van der Waals surface area contributed by atoms with Gasteiger partial charge < -0.3 is 9.47 Å². The van der Waals surface area contributed by atoms with Crippen molar-refractivity contribution >= 4 is 34.4 Å². The number of rotatable bonds is 8. The van der Waals surface area contributed by atoms with Crippen molar-refractivity contribution in [1.82, 2.24) is 14.9 Å². The van der Waals surface area contributed by atoms with E-state index in [0.717, 1.165) is 21.2 Å². The minimum atomic E-state index is 0.407. The predicted molar refractivity (Wildman–Crippen MR) is 137 cm³/mol. The van der Waals surface area contributed by atoms with Gasteiger partial charge in [-0.05, 0) is 59.7 Å². The van der Waals surface area contributed by atoms with Gasteiger partial charge in [0.2, 0.25) is 4.77 Å². The predicted octanol–water partition coefficient (Wildman–Crippen LogP) is 6.54. The van der Waals surface area contributed by atoms with E-state index in [-0.39, 0.29) is 0 Å². The first-order valence-electron chi connectivity index (χ1n) is 10.5. The summed E-state index contributed by atoms with van der Waals surface area (Å²) >= 11 is 9.00. The summed E-state index contributed by atoms with van der Waals surface area (Å²) < 4.78 is 14.7. The van der Waals surface area contributed by atoms with Crippen molar-refractivity contribution in [3.05, 3.63) is 92.7 Å². The average Bonchev–Trinajstić information content (AvgIpc) is 3.20. The molecule has 0 spiro atoms. The van der Waals surface area contributed by atoms with E-state index >= 15 is 0 Å². The van der Waals surface area contributed by atoms with Crippen LogP contribution in [0.5, 0.6) is 11.5 Å². The Morgan fingerprint density at radius 2 is 1.79 bits per heavy atom. The molecule has 1 heterocycles. The van der Waals surface area contributed by atoms with E-state index in [1.54, 1.807) is 10.9 Å². The van der Waals surface area contributed by atoms with Crippen molar-refractivity contribution in [2.24, 2.45) is 5.10 Å². The van der Waals surface area contributed by atoms with Crippen molar-refractivity contribution in [2.45, 2.75) is 20.5 Å². The Morgan fingerprint density at radius 3 is 2.52 bits per heavy atom. The number of hydrogen-bond donors (Lipinski definition) is 1. The van der Waals surface area contributed by atoms with E-state index in [0.29, 0.717) is 35.3 Å². The molecule has 4 rings (SSSR count). The number of aryl methyl sites for hydroxylation is 1. The largest absolute Gasteiger partial charge is 0.490 e. The molecule has 0 aliphatic heterocycles. The van der Waals surface area contributed by atoms with E-state index < -0.39 is 0 Å². The highest BCUT2D eigenvalue weighted by atomic mass is 79.9. The van der Waals surface area contributed by atoms with Gasteiger partial charge in [-0.25, -0.2) is 5.10 Å². The molecule has 3 aromatic carbocycles. The van der Waals surface area contributed by atoms with Crippen LogP contribution in [0.2, 0.25) is 0 Å². The van der Waals surface area contributed by atoms with E-state index in [1.165, 1.54) is 5.56 Å². The summed E-state index contributed by atoms with van der Waals surface area (Å²) in [6, 6.07) is 21.8. The summed E-state index contributed by atoms with van der Waals surface area (Å²) in [4.78, 5) is 0. The molecule has 0 atom stereocenters. The first kappa shape index (κ1) is 22.9. The van der Waals surface area contributed by atoms with Crippen LogP contribution in [0.3, 0.4) is 0 Å². The number of aromatic nitrogens is 3. The molecule has 168 valence electrons. The molecule has 0 aliphatic rings.